The molecule has 2 amide bonds. The van der Waals surface area contributed by atoms with Crippen molar-refractivity contribution in [1.82, 2.24) is 10.6 Å². The molecular formula is C16H20F2N2O2S. The second-order valence-corrected chi connectivity index (χ2v) is 6.86. The molecule has 0 saturated carbocycles. The van der Waals surface area contributed by atoms with E-state index in [1.54, 1.807) is 6.92 Å². The zero-order valence-corrected chi connectivity index (χ0v) is 13.7. The fraction of sp³-hybridized carbons (Fsp3) is 0.500. The van der Waals surface area contributed by atoms with E-state index in [1.807, 2.05) is 0 Å². The van der Waals surface area contributed by atoms with Crippen LogP contribution in [0.5, 0.6) is 0 Å². The minimum atomic E-state index is -0.624. The van der Waals surface area contributed by atoms with Crippen molar-refractivity contribution in [2.75, 3.05) is 12.3 Å². The maximum absolute atomic E-state index is 13.7. The molecule has 2 atom stereocenters. The molecule has 0 aromatic heterocycles. The molecule has 0 radical (unpaired) electrons. The number of nitrogens with one attached hydrogen (secondary N) is 2. The minimum Gasteiger partial charge on any atom is -0.354 e. The van der Waals surface area contributed by atoms with Gasteiger partial charge in [0.2, 0.25) is 11.8 Å². The molecule has 1 aliphatic heterocycles. The van der Waals surface area contributed by atoms with Gasteiger partial charge in [0.05, 0.1) is 5.75 Å². The fourth-order valence-electron chi connectivity index (χ4n) is 2.43. The summed E-state index contributed by atoms with van der Waals surface area (Å²) in [6.45, 7) is 2.40. The van der Waals surface area contributed by atoms with Gasteiger partial charge < -0.3 is 10.6 Å². The third-order valence-corrected chi connectivity index (χ3v) is 4.92. The Labute approximate surface area is 138 Å². The number of carbonyl (C=O) groups excluding carboxylic acids is 2. The van der Waals surface area contributed by atoms with Gasteiger partial charge in [0.25, 0.3) is 0 Å². The number of hydrogen-bond acceptors (Lipinski definition) is 3. The lowest BCUT2D eigenvalue weighted by Gasteiger charge is -2.16. The van der Waals surface area contributed by atoms with Crippen LogP contribution in [0.3, 0.4) is 0 Å². The van der Waals surface area contributed by atoms with Crippen LogP contribution in [0, 0.1) is 11.6 Å². The highest BCUT2D eigenvalue weighted by atomic mass is 32.2. The normalized spacial score (nSPS) is 19.6. The van der Waals surface area contributed by atoms with Crippen molar-refractivity contribution in [3.8, 4) is 0 Å². The number of amides is 2. The molecule has 1 heterocycles. The van der Waals surface area contributed by atoms with Crippen LogP contribution < -0.4 is 10.6 Å². The predicted molar refractivity (Wildman–Crippen MR) is 86.0 cm³/mol. The second-order valence-electron chi connectivity index (χ2n) is 5.53. The van der Waals surface area contributed by atoms with Crippen LogP contribution in [0.1, 0.15) is 37.0 Å². The predicted octanol–water partition coefficient (Wildman–Crippen LogP) is 2.54. The Morgan fingerprint density at radius 1 is 1.43 bits per heavy atom. The van der Waals surface area contributed by atoms with Crippen LogP contribution in [0.2, 0.25) is 0 Å². The van der Waals surface area contributed by atoms with Crippen molar-refractivity contribution in [3.05, 3.63) is 35.4 Å². The average Bonchev–Trinajstić information content (AvgIpc) is 2.70. The van der Waals surface area contributed by atoms with E-state index in [0.29, 0.717) is 18.5 Å². The van der Waals surface area contributed by atoms with Crippen molar-refractivity contribution < 1.29 is 18.4 Å². The Hall–Kier alpha value is -1.63. The fourth-order valence-corrected chi connectivity index (χ4v) is 3.29. The van der Waals surface area contributed by atoms with E-state index in [9.17, 15) is 18.4 Å². The molecule has 1 aromatic carbocycles. The van der Waals surface area contributed by atoms with Crippen LogP contribution in [0.25, 0.3) is 0 Å². The monoisotopic (exact) mass is 342 g/mol. The third-order valence-electron chi connectivity index (χ3n) is 3.74. The van der Waals surface area contributed by atoms with Crippen LogP contribution in [-0.2, 0) is 9.59 Å². The Kier molecular flexibility index (Phi) is 6.38. The molecule has 2 rings (SSSR count). The van der Waals surface area contributed by atoms with Gasteiger partial charge in [-0.25, -0.2) is 8.78 Å². The van der Waals surface area contributed by atoms with Crippen molar-refractivity contribution in [2.24, 2.45) is 0 Å². The lowest BCUT2D eigenvalue weighted by atomic mass is 10.1. The summed E-state index contributed by atoms with van der Waals surface area (Å²) in [7, 11) is 0. The molecule has 126 valence electrons. The van der Waals surface area contributed by atoms with E-state index in [0.717, 1.165) is 18.9 Å². The molecule has 1 fully saturated rings. The number of carbonyl (C=O) groups is 2. The first-order valence-electron chi connectivity index (χ1n) is 7.61. The Morgan fingerprint density at radius 3 is 2.96 bits per heavy atom. The zero-order chi connectivity index (χ0) is 16.8. The zero-order valence-electron chi connectivity index (χ0n) is 12.9. The van der Waals surface area contributed by atoms with E-state index in [4.69, 9.17) is 0 Å². The summed E-state index contributed by atoms with van der Waals surface area (Å²) >= 11 is 1.25. The van der Waals surface area contributed by atoms with E-state index in [-0.39, 0.29) is 22.8 Å². The molecular weight excluding hydrogens is 322 g/mol. The molecule has 1 aliphatic rings. The van der Waals surface area contributed by atoms with E-state index in [2.05, 4.69) is 10.6 Å². The molecule has 0 bridgehead atoms. The lowest BCUT2D eigenvalue weighted by molar-refractivity contribution is -0.127. The Bertz CT molecular complexity index is 583. The number of halogens is 2. The highest BCUT2D eigenvalue weighted by Gasteiger charge is 2.22. The van der Waals surface area contributed by atoms with Gasteiger partial charge >= 0.3 is 0 Å². The topological polar surface area (TPSA) is 58.2 Å². The quantitative estimate of drug-likeness (QED) is 0.865. The SMILES string of the molecule is C[C@@H](SCC(=O)N[C@@H]1CCCCNC1=O)c1ccc(F)cc1F. The number of benzene rings is 1. The van der Waals surface area contributed by atoms with E-state index >= 15 is 0 Å². The van der Waals surface area contributed by atoms with Crippen molar-refractivity contribution in [1.29, 1.82) is 0 Å². The van der Waals surface area contributed by atoms with E-state index in [1.165, 1.54) is 23.9 Å². The van der Waals surface area contributed by atoms with Gasteiger partial charge in [0, 0.05) is 23.4 Å². The maximum atomic E-state index is 13.7. The van der Waals surface area contributed by atoms with Crippen LogP contribution >= 0.6 is 11.8 Å². The summed E-state index contributed by atoms with van der Waals surface area (Å²) in [5, 5.41) is 5.18. The molecule has 4 nitrogen and oxygen atoms in total. The van der Waals surface area contributed by atoms with Crippen molar-refractivity contribution >= 4 is 23.6 Å². The summed E-state index contributed by atoms with van der Waals surface area (Å²) in [6.07, 6.45) is 2.42. The second kappa shape index (κ2) is 8.29. The highest BCUT2D eigenvalue weighted by molar-refractivity contribution is 8.00. The maximum Gasteiger partial charge on any atom is 0.242 e. The lowest BCUT2D eigenvalue weighted by Crippen LogP contribution is -2.46. The van der Waals surface area contributed by atoms with E-state index < -0.39 is 17.7 Å². The summed E-state index contributed by atoms with van der Waals surface area (Å²) in [6, 6.07) is 2.93. The van der Waals surface area contributed by atoms with Crippen LogP contribution in [0.15, 0.2) is 18.2 Å². The summed E-state index contributed by atoms with van der Waals surface area (Å²) in [4.78, 5) is 23.7. The standard InChI is InChI=1S/C16H20F2N2O2S/c1-10(12-6-5-11(17)8-13(12)18)23-9-15(21)20-14-4-2-3-7-19-16(14)22/h5-6,8,10,14H,2-4,7,9H2,1H3,(H,19,22)(H,20,21)/t10-,14-/m1/s1. The van der Waals surface area contributed by atoms with Crippen molar-refractivity contribution in [3.63, 3.8) is 0 Å². The summed E-state index contributed by atoms with van der Waals surface area (Å²) in [5.41, 5.74) is 0.358. The number of thioether (sulfide) groups is 1. The first-order chi connectivity index (χ1) is 11.0. The van der Waals surface area contributed by atoms with Gasteiger partial charge in [0.1, 0.15) is 17.7 Å². The summed E-state index contributed by atoms with van der Waals surface area (Å²) < 4.78 is 26.6. The smallest absolute Gasteiger partial charge is 0.242 e. The molecule has 1 aromatic rings. The molecule has 0 unspecified atom stereocenters. The summed E-state index contributed by atoms with van der Waals surface area (Å²) in [5.74, 6) is -1.54. The van der Waals surface area contributed by atoms with Gasteiger partial charge in [-0.1, -0.05) is 6.07 Å². The van der Waals surface area contributed by atoms with Gasteiger partial charge in [-0.3, -0.25) is 9.59 Å². The van der Waals surface area contributed by atoms with Crippen molar-refractivity contribution in [2.45, 2.75) is 37.5 Å². The van der Waals surface area contributed by atoms with Crippen LogP contribution in [0.4, 0.5) is 8.78 Å². The average molecular weight is 342 g/mol. The molecule has 1 saturated heterocycles. The Morgan fingerprint density at radius 2 is 2.22 bits per heavy atom. The van der Waals surface area contributed by atoms with Gasteiger partial charge in [-0.05, 0) is 32.3 Å². The minimum absolute atomic E-state index is 0.113. The first kappa shape index (κ1) is 17.7. The first-order valence-corrected chi connectivity index (χ1v) is 8.66. The van der Waals surface area contributed by atoms with Gasteiger partial charge in [-0.15, -0.1) is 11.8 Å². The molecule has 23 heavy (non-hydrogen) atoms. The van der Waals surface area contributed by atoms with Gasteiger partial charge in [-0.2, -0.15) is 0 Å². The third kappa shape index (κ3) is 5.20. The molecule has 0 spiro atoms. The van der Waals surface area contributed by atoms with Gasteiger partial charge in [0.15, 0.2) is 0 Å². The molecule has 7 heteroatoms. The van der Waals surface area contributed by atoms with Crippen LogP contribution in [-0.4, -0.2) is 30.2 Å². The number of rotatable bonds is 5. The molecule has 2 N–H and O–H groups in total. The highest BCUT2D eigenvalue weighted by Crippen LogP contribution is 2.30. The Balaban J connectivity index is 1.84. The largest absolute Gasteiger partial charge is 0.354 e. The number of hydrogen-bond donors (Lipinski definition) is 2. The molecule has 0 aliphatic carbocycles.